The first-order valence-electron chi connectivity index (χ1n) is 8.78. The van der Waals surface area contributed by atoms with Gasteiger partial charge in [0, 0.05) is 5.92 Å². The van der Waals surface area contributed by atoms with Crippen molar-refractivity contribution in [3.05, 3.63) is 23.3 Å². The molecule has 0 radical (unpaired) electrons. The highest BCUT2D eigenvalue weighted by Crippen LogP contribution is 2.48. The van der Waals surface area contributed by atoms with Gasteiger partial charge in [-0.25, -0.2) is 0 Å². The van der Waals surface area contributed by atoms with Gasteiger partial charge in [-0.15, -0.1) is 0 Å². The van der Waals surface area contributed by atoms with Crippen LogP contribution in [0.3, 0.4) is 0 Å². The highest BCUT2D eigenvalue weighted by Gasteiger charge is 2.40. The van der Waals surface area contributed by atoms with E-state index < -0.39 is 0 Å². The zero-order valence-electron chi connectivity index (χ0n) is 12.4. The smallest absolute Gasteiger partial charge is 0.163 e. The number of fused-ring (bicyclic) bond motifs is 4. The standard InChI is InChI=1S/C19H26O/c20-19-12-16(14-6-2-1-3-7-14)11-17-15-8-4-5-13(9-15)10-18(17)19/h11-15,18H,1-10H2/t13?,15-,18+/m1/s1. The zero-order chi connectivity index (χ0) is 13.5. The number of hydrogen-bond donors (Lipinski definition) is 0. The number of hydrogen-bond acceptors (Lipinski definition) is 1. The number of ketones is 1. The molecule has 0 aliphatic heterocycles. The number of rotatable bonds is 1. The van der Waals surface area contributed by atoms with Crippen LogP contribution in [0.4, 0.5) is 0 Å². The molecule has 1 heteroatoms. The van der Waals surface area contributed by atoms with Crippen LogP contribution in [0, 0.1) is 23.7 Å². The molecule has 4 aliphatic carbocycles. The summed E-state index contributed by atoms with van der Waals surface area (Å²) in [5, 5.41) is 0. The van der Waals surface area contributed by atoms with Crippen LogP contribution in [0.1, 0.15) is 64.2 Å². The van der Waals surface area contributed by atoms with E-state index >= 15 is 0 Å². The minimum Gasteiger partial charge on any atom is -0.294 e. The van der Waals surface area contributed by atoms with Crippen molar-refractivity contribution < 1.29 is 4.79 Å². The first kappa shape index (κ1) is 12.9. The highest BCUT2D eigenvalue weighted by atomic mass is 16.1. The molecule has 0 heterocycles. The largest absolute Gasteiger partial charge is 0.294 e. The number of carbonyl (C=O) groups excluding carboxylic acids is 1. The van der Waals surface area contributed by atoms with E-state index in [2.05, 4.69) is 6.08 Å². The van der Waals surface area contributed by atoms with Crippen molar-refractivity contribution >= 4 is 5.78 Å². The lowest BCUT2D eigenvalue weighted by molar-refractivity contribution is -0.118. The predicted molar refractivity (Wildman–Crippen MR) is 81.3 cm³/mol. The molecular formula is C19H26O. The zero-order valence-corrected chi connectivity index (χ0v) is 12.4. The van der Waals surface area contributed by atoms with Crippen molar-refractivity contribution in [1.29, 1.82) is 0 Å². The van der Waals surface area contributed by atoms with Crippen LogP contribution in [-0.4, -0.2) is 5.78 Å². The van der Waals surface area contributed by atoms with Crippen molar-refractivity contribution in [2.75, 3.05) is 0 Å². The molecule has 1 nitrogen and oxygen atoms in total. The number of carbonyl (C=O) groups is 1. The Hall–Kier alpha value is -0.850. The molecule has 4 rings (SSSR count). The molecule has 0 aromatic rings. The van der Waals surface area contributed by atoms with Gasteiger partial charge < -0.3 is 0 Å². The Labute approximate surface area is 122 Å². The minimum absolute atomic E-state index is 0.270. The summed E-state index contributed by atoms with van der Waals surface area (Å²) < 4.78 is 0. The van der Waals surface area contributed by atoms with Crippen LogP contribution in [0.25, 0.3) is 0 Å². The molecule has 4 aliphatic rings. The molecule has 2 bridgehead atoms. The lowest BCUT2D eigenvalue weighted by atomic mass is 9.62. The molecule has 20 heavy (non-hydrogen) atoms. The third kappa shape index (κ3) is 2.19. The average Bonchev–Trinajstić information content (AvgIpc) is 2.49. The van der Waals surface area contributed by atoms with Gasteiger partial charge >= 0.3 is 0 Å². The SMILES string of the molecule is O=C1C=C(C2CCCCC2)C=C2[C@@H]3CCCC(C3)C[C@H]12. The molecule has 0 spiro atoms. The topological polar surface area (TPSA) is 17.1 Å². The highest BCUT2D eigenvalue weighted by molar-refractivity contribution is 5.96. The normalized spacial score (nSPS) is 38.0. The van der Waals surface area contributed by atoms with Gasteiger partial charge in [0.25, 0.3) is 0 Å². The van der Waals surface area contributed by atoms with Crippen molar-refractivity contribution in [2.24, 2.45) is 23.7 Å². The molecular weight excluding hydrogens is 244 g/mol. The summed E-state index contributed by atoms with van der Waals surface area (Å²) >= 11 is 0. The third-order valence-electron chi connectivity index (χ3n) is 6.29. The van der Waals surface area contributed by atoms with E-state index in [9.17, 15) is 4.79 Å². The van der Waals surface area contributed by atoms with Gasteiger partial charge in [0.1, 0.15) is 0 Å². The Morgan fingerprint density at radius 2 is 1.60 bits per heavy atom. The lowest BCUT2D eigenvalue weighted by Crippen LogP contribution is -2.35. The van der Waals surface area contributed by atoms with Crippen molar-refractivity contribution in [2.45, 2.75) is 64.2 Å². The van der Waals surface area contributed by atoms with Crippen LogP contribution in [0.15, 0.2) is 23.3 Å². The van der Waals surface area contributed by atoms with Crippen LogP contribution < -0.4 is 0 Å². The Morgan fingerprint density at radius 1 is 0.800 bits per heavy atom. The van der Waals surface area contributed by atoms with E-state index in [1.54, 1.807) is 0 Å². The fourth-order valence-corrected chi connectivity index (χ4v) is 5.23. The van der Waals surface area contributed by atoms with Crippen molar-refractivity contribution in [1.82, 2.24) is 0 Å². The summed E-state index contributed by atoms with van der Waals surface area (Å²) in [7, 11) is 0. The van der Waals surface area contributed by atoms with Gasteiger partial charge in [-0.05, 0) is 61.5 Å². The van der Waals surface area contributed by atoms with E-state index in [-0.39, 0.29) is 5.92 Å². The van der Waals surface area contributed by atoms with E-state index in [1.165, 1.54) is 68.9 Å². The molecule has 3 atom stereocenters. The molecule has 0 aromatic carbocycles. The Balaban J connectivity index is 1.62. The van der Waals surface area contributed by atoms with Crippen molar-refractivity contribution in [3.63, 3.8) is 0 Å². The van der Waals surface area contributed by atoms with Crippen LogP contribution in [0.5, 0.6) is 0 Å². The molecule has 3 saturated carbocycles. The van der Waals surface area contributed by atoms with Crippen molar-refractivity contribution in [3.8, 4) is 0 Å². The average molecular weight is 270 g/mol. The molecule has 0 N–H and O–H groups in total. The summed E-state index contributed by atoms with van der Waals surface area (Å²) in [5.74, 6) is 2.97. The maximum absolute atomic E-state index is 12.6. The van der Waals surface area contributed by atoms with Crippen LogP contribution in [-0.2, 0) is 4.79 Å². The quantitative estimate of drug-likeness (QED) is 0.667. The van der Waals surface area contributed by atoms with Gasteiger partial charge in [-0.3, -0.25) is 4.79 Å². The van der Waals surface area contributed by atoms with E-state index in [1.807, 2.05) is 6.08 Å². The molecule has 1 unspecified atom stereocenters. The predicted octanol–water partition coefficient (Wildman–Crippen LogP) is 4.83. The maximum atomic E-state index is 12.6. The Bertz CT molecular complexity index is 464. The summed E-state index contributed by atoms with van der Waals surface area (Å²) in [5.41, 5.74) is 2.93. The van der Waals surface area contributed by atoms with Gasteiger partial charge in [0.15, 0.2) is 5.78 Å². The van der Waals surface area contributed by atoms with Gasteiger partial charge in [-0.1, -0.05) is 43.8 Å². The van der Waals surface area contributed by atoms with Gasteiger partial charge in [-0.2, -0.15) is 0 Å². The summed E-state index contributed by atoms with van der Waals surface area (Å²) in [6.45, 7) is 0. The minimum atomic E-state index is 0.270. The summed E-state index contributed by atoms with van der Waals surface area (Å²) in [6.07, 6.45) is 17.8. The van der Waals surface area contributed by atoms with E-state index in [0.29, 0.717) is 11.7 Å². The third-order valence-corrected chi connectivity index (χ3v) is 6.29. The molecule has 0 saturated heterocycles. The second kappa shape index (κ2) is 5.16. The van der Waals surface area contributed by atoms with Gasteiger partial charge in [0.05, 0.1) is 0 Å². The molecule has 108 valence electrons. The first-order valence-corrected chi connectivity index (χ1v) is 8.78. The summed E-state index contributed by atoms with van der Waals surface area (Å²) in [4.78, 5) is 12.6. The fraction of sp³-hybridized carbons (Fsp3) is 0.737. The fourth-order valence-electron chi connectivity index (χ4n) is 5.23. The molecule has 0 amide bonds. The second-order valence-electron chi connectivity index (χ2n) is 7.54. The van der Waals surface area contributed by atoms with Crippen LogP contribution >= 0.6 is 0 Å². The Kier molecular flexibility index (Phi) is 3.32. The molecule has 0 aromatic heterocycles. The van der Waals surface area contributed by atoms with E-state index in [0.717, 1.165) is 18.3 Å². The monoisotopic (exact) mass is 270 g/mol. The van der Waals surface area contributed by atoms with E-state index in [4.69, 9.17) is 0 Å². The second-order valence-corrected chi connectivity index (χ2v) is 7.54. The number of allylic oxidation sites excluding steroid dienone is 4. The summed E-state index contributed by atoms with van der Waals surface area (Å²) in [6, 6.07) is 0. The first-order chi connectivity index (χ1) is 9.81. The maximum Gasteiger partial charge on any atom is 0.163 e. The van der Waals surface area contributed by atoms with Crippen LogP contribution in [0.2, 0.25) is 0 Å². The Morgan fingerprint density at radius 3 is 2.45 bits per heavy atom. The van der Waals surface area contributed by atoms with Gasteiger partial charge in [0.2, 0.25) is 0 Å². The molecule has 3 fully saturated rings. The lowest BCUT2D eigenvalue weighted by Gasteiger charge is -2.42.